The van der Waals surface area contributed by atoms with Gasteiger partial charge in [0, 0.05) is 28.9 Å². The van der Waals surface area contributed by atoms with E-state index in [1.54, 1.807) is 12.1 Å². The molecule has 0 radical (unpaired) electrons. The minimum atomic E-state index is -2.48. The predicted molar refractivity (Wildman–Crippen MR) is 146 cm³/mol. The van der Waals surface area contributed by atoms with Crippen molar-refractivity contribution in [3.8, 4) is 5.75 Å². The van der Waals surface area contributed by atoms with Gasteiger partial charge in [0.05, 0.1) is 0 Å². The van der Waals surface area contributed by atoms with Gasteiger partial charge in [0.1, 0.15) is 34.2 Å². The standard InChI is InChI=1S/C32H23O2P/c1-22-10-8-9-15-27(22)32-28-18-16-23(33)20-30(28)35(25-11-4-2-5-12-25,26-13-6-3-7-14-26)31-21-24(34)17-19-29(31)32/h2-21H,1H3/p+1. The fraction of sp³-hybridized carbons (Fsp3) is 0.0312. The summed E-state index contributed by atoms with van der Waals surface area (Å²) in [6.45, 7) is 2.12. The molecule has 0 aromatic heterocycles. The average molecular weight is 472 g/mol. The van der Waals surface area contributed by atoms with Crippen molar-refractivity contribution in [2.75, 3.05) is 0 Å². The Kier molecular flexibility index (Phi) is 5.13. The summed E-state index contributed by atoms with van der Waals surface area (Å²) in [5, 5.41) is 15.2. The van der Waals surface area contributed by atoms with E-state index in [2.05, 4.69) is 73.7 Å². The monoisotopic (exact) mass is 471 g/mol. The van der Waals surface area contributed by atoms with E-state index in [-0.39, 0.29) is 11.5 Å². The third-order valence-electron chi connectivity index (χ3n) is 6.91. The molecule has 6 rings (SSSR count). The zero-order valence-electron chi connectivity index (χ0n) is 19.3. The fourth-order valence-electron chi connectivity index (χ4n) is 5.44. The van der Waals surface area contributed by atoms with E-state index < -0.39 is 7.26 Å². The van der Waals surface area contributed by atoms with Gasteiger partial charge in [-0.15, -0.1) is 0 Å². The van der Waals surface area contributed by atoms with Crippen LogP contribution in [0.3, 0.4) is 0 Å². The number of fused-ring (bicyclic) bond motifs is 2. The molecule has 2 nitrogen and oxygen atoms in total. The maximum absolute atomic E-state index is 12.9. The minimum absolute atomic E-state index is 0.00674. The molecule has 0 fully saturated rings. The molecule has 1 aliphatic heterocycles. The number of benzene rings is 4. The minimum Gasteiger partial charge on any atom is -0.508 e. The molecule has 3 heteroatoms. The molecule has 4 aromatic rings. The highest BCUT2D eigenvalue weighted by atomic mass is 31.2. The highest BCUT2D eigenvalue weighted by molar-refractivity contribution is 7.99. The van der Waals surface area contributed by atoms with Gasteiger partial charge >= 0.3 is 0 Å². The number of phenolic OH excluding ortho intramolecular Hbond substituents is 1. The van der Waals surface area contributed by atoms with E-state index in [1.165, 1.54) is 5.56 Å². The van der Waals surface area contributed by atoms with Crippen molar-refractivity contribution in [1.29, 1.82) is 0 Å². The molecule has 0 bridgehead atoms. The Labute approximate surface area is 205 Å². The summed E-state index contributed by atoms with van der Waals surface area (Å²) in [6.07, 6.45) is 5.50. The number of rotatable bonds is 3. The Morgan fingerprint density at radius 3 is 1.97 bits per heavy atom. The third kappa shape index (κ3) is 3.26. The van der Waals surface area contributed by atoms with Crippen LogP contribution in [0.25, 0.3) is 5.57 Å². The lowest BCUT2D eigenvalue weighted by molar-refractivity contribution is -0.110. The van der Waals surface area contributed by atoms with Gasteiger partial charge < -0.3 is 5.11 Å². The second-order valence-corrected chi connectivity index (χ2v) is 12.3. The molecule has 0 unspecified atom stereocenters. The Bertz CT molecular complexity index is 1520. The van der Waals surface area contributed by atoms with Crippen LogP contribution in [0.4, 0.5) is 0 Å². The topological polar surface area (TPSA) is 37.3 Å². The molecule has 2 aliphatic rings. The van der Waals surface area contributed by atoms with E-state index >= 15 is 0 Å². The Balaban J connectivity index is 1.84. The lowest BCUT2D eigenvalue weighted by Gasteiger charge is -2.37. The second kappa shape index (κ2) is 8.34. The molecular weight excluding hydrogens is 447 g/mol. The van der Waals surface area contributed by atoms with Crippen LogP contribution in [0, 0.1) is 6.92 Å². The van der Waals surface area contributed by atoms with Crippen molar-refractivity contribution >= 4 is 34.5 Å². The smallest absolute Gasteiger partial charge is 0.182 e. The second-order valence-electron chi connectivity index (χ2n) is 8.91. The Hall–Kier alpha value is -4.00. The van der Waals surface area contributed by atoms with Crippen LogP contribution >= 0.6 is 7.26 Å². The SMILES string of the molecule is Cc1ccccc1C1=C2C=CC(=O)C=C2[P+](c2ccccc2)(c2ccccc2)c2cc(O)ccc21. The molecule has 0 atom stereocenters. The maximum Gasteiger partial charge on any atom is 0.182 e. The predicted octanol–water partition coefficient (Wildman–Crippen LogP) is 5.83. The molecule has 0 amide bonds. The molecular formula is C32H24O2P+. The normalized spacial score (nSPS) is 15.9. The summed E-state index contributed by atoms with van der Waals surface area (Å²) in [6, 6.07) is 35.0. The molecule has 1 N–H and O–H groups in total. The number of hydrogen-bond donors (Lipinski definition) is 1. The van der Waals surface area contributed by atoms with Crippen molar-refractivity contribution in [3.05, 3.63) is 149 Å². The largest absolute Gasteiger partial charge is 0.508 e. The third-order valence-corrected chi connectivity index (χ3v) is 11.2. The van der Waals surface area contributed by atoms with E-state index in [0.29, 0.717) is 0 Å². The van der Waals surface area contributed by atoms with Crippen molar-refractivity contribution in [1.82, 2.24) is 0 Å². The van der Waals surface area contributed by atoms with Crippen molar-refractivity contribution in [3.63, 3.8) is 0 Å². The fourth-order valence-corrected chi connectivity index (χ4v) is 10.1. The molecule has 1 aliphatic carbocycles. The maximum atomic E-state index is 12.9. The first-order valence-corrected chi connectivity index (χ1v) is 13.5. The van der Waals surface area contributed by atoms with E-state index in [9.17, 15) is 9.90 Å². The first-order valence-electron chi connectivity index (χ1n) is 11.7. The molecule has 168 valence electrons. The van der Waals surface area contributed by atoms with Crippen LogP contribution in [0.5, 0.6) is 5.75 Å². The van der Waals surface area contributed by atoms with Crippen molar-refractivity contribution in [2.45, 2.75) is 6.92 Å². The zero-order valence-corrected chi connectivity index (χ0v) is 20.2. The lowest BCUT2D eigenvalue weighted by Crippen LogP contribution is -2.37. The van der Waals surface area contributed by atoms with E-state index in [4.69, 9.17) is 0 Å². The van der Waals surface area contributed by atoms with Crippen LogP contribution in [0.1, 0.15) is 16.7 Å². The number of aryl methyl sites for hydroxylation is 1. The number of carbonyl (C=O) groups is 1. The van der Waals surface area contributed by atoms with Crippen LogP contribution in [0.2, 0.25) is 0 Å². The highest BCUT2D eigenvalue weighted by Gasteiger charge is 2.56. The van der Waals surface area contributed by atoms with Gasteiger partial charge in [-0.05, 0) is 66.6 Å². The van der Waals surface area contributed by atoms with Crippen LogP contribution < -0.4 is 15.9 Å². The molecule has 35 heavy (non-hydrogen) atoms. The number of allylic oxidation sites excluding steroid dienone is 5. The molecule has 0 spiro atoms. The number of phenols is 1. The van der Waals surface area contributed by atoms with Gasteiger partial charge in [0.2, 0.25) is 0 Å². The highest BCUT2D eigenvalue weighted by Crippen LogP contribution is 2.69. The summed E-state index contributed by atoms with van der Waals surface area (Å²) >= 11 is 0. The summed E-state index contributed by atoms with van der Waals surface area (Å²) in [7, 11) is -2.48. The lowest BCUT2D eigenvalue weighted by atomic mass is 9.88. The molecule has 4 aromatic carbocycles. The molecule has 1 heterocycles. The van der Waals surface area contributed by atoms with Gasteiger partial charge in [0.25, 0.3) is 0 Å². The summed E-state index contributed by atoms with van der Waals surface area (Å²) in [4.78, 5) is 12.9. The van der Waals surface area contributed by atoms with Crippen molar-refractivity contribution in [2.24, 2.45) is 0 Å². The first-order chi connectivity index (χ1) is 17.1. The Morgan fingerprint density at radius 1 is 0.686 bits per heavy atom. The number of carbonyl (C=O) groups excluding carboxylic acids is 1. The summed E-state index contributed by atoms with van der Waals surface area (Å²) in [5.41, 5.74) is 5.60. The van der Waals surface area contributed by atoms with Gasteiger partial charge in [-0.2, -0.15) is 0 Å². The van der Waals surface area contributed by atoms with Crippen molar-refractivity contribution < 1.29 is 9.90 Å². The Morgan fingerprint density at radius 2 is 1.31 bits per heavy atom. The van der Waals surface area contributed by atoms with Crippen LogP contribution in [0.15, 0.2) is 132 Å². The van der Waals surface area contributed by atoms with Gasteiger partial charge in [-0.25, -0.2) is 0 Å². The van der Waals surface area contributed by atoms with Gasteiger partial charge in [-0.1, -0.05) is 60.7 Å². The number of hydrogen-bond acceptors (Lipinski definition) is 2. The molecule has 0 saturated carbocycles. The van der Waals surface area contributed by atoms with E-state index in [0.717, 1.165) is 43.5 Å². The number of ketones is 1. The summed E-state index contributed by atoms with van der Waals surface area (Å²) in [5.74, 6) is 0.221. The zero-order chi connectivity index (χ0) is 24.0. The average Bonchev–Trinajstić information content (AvgIpc) is 2.89. The van der Waals surface area contributed by atoms with E-state index in [1.807, 2.05) is 42.5 Å². The number of aromatic hydroxyl groups is 1. The van der Waals surface area contributed by atoms with Crippen LogP contribution in [-0.4, -0.2) is 10.9 Å². The first kappa shape index (κ1) is 21.5. The quantitative estimate of drug-likeness (QED) is 0.382. The van der Waals surface area contributed by atoms with Gasteiger partial charge in [0.15, 0.2) is 5.78 Å². The van der Waals surface area contributed by atoms with Gasteiger partial charge in [-0.3, -0.25) is 4.79 Å². The van der Waals surface area contributed by atoms with Crippen LogP contribution in [-0.2, 0) is 4.79 Å². The molecule has 0 saturated heterocycles. The summed E-state index contributed by atoms with van der Waals surface area (Å²) < 4.78 is 0.